The Hall–Kier alpha value is -3.16. The molecule has 0 fully saturated rings. The molecule has 1 N–H and O–H groups in total. The summed E-state index contributed by atoms with van der Waals surface area (Å²) in [6, 6.07) is 1.95. The monoisotopic (exact) mass is 325 g/mol. The van der Waals surface area contributed by atoms with Gasteiger partial charge in [0.1, 0.15) is 11.5 Å². The smallest absolute Gasteiger partial charge is 0.347 e. The molecule has 0 aliphatic carbocycles. The summed E-state index contributed by atoms with van der Waals surface area (Å²) < 4.78 is 12.0. The lowest BCUT2D eigenvalue weighted by Gasteiger charge is -2.07. The van der Waals surface area contributed by atoms with E-state index in [2.05, 4.69) is 20.5 Å². The van der Waals surface area contributed by atoms with Gasteiger partial charge in [-0.1, -0.05) is 10.3 Å². The number of aromatic amines is 1. The summed E-state index contributed by atoms with van der Waals surface area (Å²) in [5, 5.41) is 14.6. The summed E-state index contributed by atoms with van der Waals surface area (Å²) in [7, 11) is 0. The van der Waals surface area contributed by atoms with Gasteiger partial charge in [-0.05, 0) is 33.8 Å². The first-order chi connectivity index (χ1) is 11.5. The van der Waals surface area contributed by atoms with E-state index >= 15 is 0 Å². The third kappa shape index (κ3) is 1.92. The Balaban J connectivity index is 2.12. The Morgan fingerprint density at radius 1 is 1.00 bits per heavy atom. The van der Waals surface area contributed by atoms with E-state index < -0.39 is 0 Å². The van der Waals surface area contributed by atoms with Gasteiger partial charge in [0, 0.05) is 22.9 Å². The summed E-state index contributed by atoms with van der Waals surface area (Å²) in [4.78, 5) is 12.1. The first-order valence-electron chi connectivity index (χ1n) is 7.44. The second kappa shape index (κ2) is 4.92. The molecule has 24 heavy (non-hydrogen) atoms. The molecule has 0 bridgehead atoms. The van der Waals surface area contributed by atoms with Crippen LogP contribution >= 0.6 is 0 Å². The van der Waals surface area contributed by atoms with Crippen molar-refractivity contribution in [2.24, 2.45) is 0 Å². The Kier molecular flexibility index (Phi) is 2.96. The lowest BCUT2D eigenvalue weighted by atomic mass is 9.99. The molecule has 0 amide bonds. The summed E-state index contributed by atoms with van der Waals surface area (Å²) in [5.74, 6) is 1.36. The van der Waals surface area contributed by atoms with E-state index in [0.717, 1.165) is 33.6 Å². The van der Waals surface area contributed by atoms with Gasteiger partial charge >= 0.3 is 5.69 Å². The lowest BCUT2D eigenvalue weighted by molar-refractivity contribution is 0.393. The molecule has 4 heterocycles. The van der Waals surface area contributed by atoms with Gasteiger partial charge in [-0.3, -0.25) is 0 Å². The van der Waals surface area contributed by atoms with Crippen LogP contribution in [0.4, 0.5) is 0 Å². The van der Waals surface area contributed by atoms with Crippen molar-refractivity contribution in [3.8, 4) is 22.3 Å². The molecule has 0 aromatic carbocycles. The summed E-state index contributed by atoms with van der Waals surface area (Å²) >= 11 is 0. The van der Waals surface area contributed by atoms with Gasteiger partial charge in [-0.2, -0.15) is 5.10 Å². The van der Waals surface area contributed by atoms with E-state index in [1.165, 1.54) is 4.40 Å². The Labute approximate surface area is 136 Å². The molecule has 4 aromatic heterocycles. The van der Waals surface area contributed by atoms with Crippen LogP contribution in [0.3, 0.4) is 0 Å². The van der Waals surface area contributed by atoms with E-state index in [9.17, 15) is 4.79 Å². The van der Waals surface area contributed by atoms with E-state index in [0.29, 0.717) is 17.2 Å². The maximum atomic E-state index is 12.1. The number of fused-ring (bicyclic) bond motifs is 1. The van der Waals surface area contributed by atoms with Crippen LogP contribution < -0.4 is 5.69 Å². The van der Waals surface area contributed by atoms with Gasteiger partial charge in [0.05, 0.1) is 17.0 Å². The molecule has 0 unspecified atom stereocenters. The second-order valence-corrected chi connectivity index (χ2v) is 5.76. The molecule has 122 valence electrons. The molecule has 0 saturated heterocycles. The average Bonchev–Trinajstić information content (AvgIpc) is 3.18. The van der Waals surface area contributed by atoms with Crippen LogP contribution in [0.15, 0.2) is 26.1 Å². The Morgan fingerprint density at radius 3 is 2.21 bits per heavy atom. The van der Waals surface area contributed by atoms with Crippen molar-refractivity contribution in [2.75, 3.05) is 0 Å². The van der Waals surface area contributed by atoms with E-state index in [4.69, 9.17) is 9.05 Å². The first kappa shape index (κ1) is 14.4. The molecule has 0 radical (unpaired) electrons. The largest absolute Gasteiger partial charge is 0.361 e. The SMILES string of the molecule is Cc1noc(C)c1-c1cc(-c2c(C)noc2C)c2n[nH]c(=O)n2c1. The zero-order valence-electron chi connectivity index (χ0n) is 13.7. The highest BCUT2D eigenvalue weighted by Gasteiger charge is 2.20. The van der Waals surface area contributed by atoms with E-state index in [1.807, 2.05) is 33.8 Å². The summed E-state index contributed by atoms with van der Waals surface area (Å²) in [5.41, 5.74) is 4.97. The number of nitrogens with zero attached hydrogens (tertiary/aromatic N) is 4. The molecule has 4 aromatic rings. The maximum Gasteiger partial charge on any atom is 0.347 e. The highest BCUT2D eigenvalue weighted by molar-refractivity contribution is 5.84. The topological polar surface area (TPSA) is 102 Å². The zero-order chi connectivity index (χ0) is 17.0. The fourth-order valence-corrected chi connectivity index (χ4v) is 3.09. The summed E-state index contributed by atoms with van der Waals surface area (Å²) in [6.07, 6.45) is 1.73. The minimum Gasteiger partial charge on any atom is -0.361 e. The van der Waals surface area contributed by atoms with Crippen molar-refractivity contribution in [2.45, 2.75) is 27.7 Å². The van der Waals surface area contributed by atoms with Crippen LogP contribution in [0.2, 0.25) is 0 Å². The van der Waals surface area contributed by atoms with Crippen LogP contribution in [0, 0.1) is 27.7 Å². The second-order valence-electron chi connectivity index (χ2n) is 5.76. The quantitative estimate of drug-likeness (QED) is 0.607. The predicted octanol–water partition coefficient (Wildman–Crippen LogP) is 2.57. The lowest BCUT2D eigenvalue weighted by Crippen LogP contribution is -2.09. The standard InChI is InChI=1S/C16H15N5O3/c1-7-13(9(3)23-19-7)11-5-12(14-8(2)20-24-10(14)4)15-17-18-16(22)21(15)6-11/h5-6H,1-4H3,(H,18,22). The highest BCUT2D eigenvalue weighted by Crippen LogP contribution is 2.34. The van der Waals surface area contributed by atoms with Crippen LogP contribution in [0.5, 0.6) is 0 Å². The minimum absolute atomic E-state index is 0.313. The molecular weight excluding hydrogens is 310 g/mol. The van der Waals surface area contributed by atoms with Crippen molar-refractivity contribution >= 4 is 5.65 Å². The number of rotatable bonds is 2. The number of pyridine rings is 1. The Morgan fingerprint density at radius 2 is 1.62 bits per heavy atom. The number of hydrogen-bond donors (Lipinski definition) is 1. The normalized spacial score (nSPS) is 11.5. The fraction of sp³-hybridized carbons (Fsp3) is 0.250. The average molecular weight is 325 g/mol. The minimum atomic E-state index is -0.313. The van der Waals surface area contributed by atoms with Crippen LogP contribution in [0.25, 0.3) is 27.9 Å². The van der Waals surface area contributed by atoms with Crippen LogP contribution in [-0.4, -0.2) is 24.9 Å². The van der Waals surface area contributed by atoms with Gasteiger partial charge in [-0.25, -0.2) is 14.3 Å². The molecule has 0 aliphatic heterocycles. The van der Waals surface area contributed by atoms with Gasteiger partial charge in [-0.15, -0.1) is 0 Å². The molecule has 0 aliphatic rings. The highest BCUT2D eigenvalue weighted by atomic mass is 16.5. The third-order valence-electron chi connectivity index (χ3n) is 4.14. The Bertz CT molecular complexity index is 1090. The molecule has 8 heteroatoms. The predicted molar refractivity (Wildman–Crippen MR) is 85.8 cm³/mol. The van der Waals surface area contributed by atoms with E-state index in [1.54, 1.807) is 6.20 Å². The van der Waals surface area contributed by atoms with Crippen molar-refractivity contribution in [1.29, 1.82) is 0 Å². The van der Waals surface area contributed by atoms with Crippen molar-refractivity contribution in [1.82, 2.24) is 24.9 Å². The van der Waals surface area contributed by atoms with Crippen LogP contribution in [0.1, 0.15) is 22.9 Å². The number of aryl methyl sites for hydroxylation is 4. The third-order valence-corrected chi connectivity index (χ3v) is 4.14. The molecular formula is C16H15N5O3. The maximum absolute atomic E-state index is 12.1. The molecule has 4 rings (SSSR count). The van der Waals surface area contributed by atoms with E-state index in [-0.39, 0.29) is 5.69 Å². The molecule has 0 spiro atoms. The van der Waals surface area contributed by atoms with Gasteiger partial charge < -0.3 is 9.05 Å². The molecule has 8 nitrogen and oxygen atoms in total. The molecule has 0 saturated carbocycles. The van der Waals surface area contributed by atoms with Gasteiger partial charge in [0.25, 0.3) is 0 Å². The van der Waals surface area contributed by atoms with Crippen molar-refractivity contribution < 1.29 is 9.05 Å². The summed E-state index contributed by atoms with van der Waals surface area (Å²) in [6.45, 7) is 7.39. The van der Waals surface area contributed by atoms with Crippen molar-refractivity contribution in [3.05, 3.63) is 45.7 Å². The van der Waals surface area contributed by atoms with Crippen LogP contribution in [-0.2, 0) is 0 Å². The van der Waals surface area contributed by atoms with Crippen molar-refractivity contribution in [3.63, 3.8) is 0 Å². The van der Waals surface area contributed by atoms with Gasteiger partial charge in [0.2, 0.25) is 0 Å². The van der Waals surface area contributed by atoms with Gasteiger partial charge in [0.15, 0.2) is 5.65 Å². The number of nitrogens with one attached hydrogen (secondary N) is 1. The molecule has 0 atom stereocenters. The fourth-order valence-electron chi connectivity index (χ4n) is 3.09. The number of hydrogen-bond acceptors (Lipinski definition) is 6. The zero-order valence-corrected chi connectivity index (χ0v) is 13.7. The number of H-pyrrole nitrogens is 1. The first-order valence-corrected chi connectivity index (χ1v) is 7.44. The number of aromatic nitrogens is 5.